The predicted octanol–water partition coefficient (Wildman–Crippen LogP) is 3.26. The molecule has 1 aliphatic heterocycles. The number of thioether (sulfide) groups is 1. The number of hydrogen-bond donors (Lipinski definition) is 2. The molecule has 0 saturated heterocycles. The van der Waals surface area contributed by atoms with Crippen molar-refractivity contribution < 1.29 is 4.79 Å². The SMILES string of the molecule is Nc1ccc2c(c1)SC(C1CCCCC1)C(=O)N2. The molecule has 0 bridgehead atoms. The van der Waals surface area contributed by atoms with Gasteiger partial charge in [0.2, 0.25) is 5.91 Å². The number of carbonyl (C=O) groups is 1. The minimum absolute atomic E-state index is 0.0691. The summed E-state index contributed by atoms with van der Waals surface area (Å²) in [5.41, 5.74) is 7.49. The molecular formula is C14H18N2OS. The zero-order chi connectivity index (χ0) is 12.5. The lowest BCUT2D eigenvalue weighted by atomic mass is 9.86. The Hall–Kier alpha value is -1.16. The van der Waals surface area contributed by atoms with Crippen LogP contribution >= 0.6 is 11.8 Å². The largest absolute Gasteiger partial charge is 0.399 e. The number of anilines is 2. The molecule has 0 spiro atoms. The van der Waals surface area contributed by atoms with Crippen LogP contribution in [0.15, 0.2) is 23.1 Å². The van der Waals surface area contributed by atoms with E-state index in [-0.39, 0.29) is 11.2 Å². The number of hydrogen-bond acceptors (Lipinski definition) is 3. The van der Waals surface area contributed by atoms with Crippen molar-refractivity contribution >= 4 is 29.0 Å². The van der Waals surface area contributed by atoms with Gasteiger partial charge in [0.05, 0.1) is 10.9 Å². The van der Waals surface area contributed by atoms with Gasteiger partial charge in [-0.05, 0) is 37.0 Å². The fourth-order valence-electron chi connectivity index (χ4n) is 2.88. The quantitative estimate of drug-likeness (QED) is 0.764. The van der Waals surface area contributed by atoms with E-state index in [1.165, 1.54) is 32.1 Å². The highest BCUT2D eigenvalue weighted by Crippen LogP contribution is 2.43. The maximum atomic E-state index is 12.2. The third kappa shape index (κ3) is 2.21. The number of fused-ring (bicyclic) bond motifs is 1. The zero-order valence-electron chi connectivity index (χ0n) is 10.3. The smallest absolute Gasteiger partial charge is 0.238 e. The maximum Gasteiger partial charge on any atom is 0.238 e. The van der Waals surface area contributed by atoms with Gasteiger partial charge in [0.15, 0.2) is 0 Å². The van der Waals surface area contributed by atoms with Crippen molar-refractivity contribution in [3.05, 3.63) is 18.2 Å². The Morgan fingerprint density at radius 3 is 2.78 bits per heavy atom. The van der Waals surface area contributed by atoms with Crippen LogP contribution in [0.1, 0.15) is 32.1 Å². The average molecular weight is 262 g/mol. The lowest BCUT2D eigenvalue weighted by molar-refractivity contribution is -0.116. The van der Waals surface area contributed by atoms with E-state index in [1.807, 2.05) is 18.2 Å². The molecule has 96 valence electrons. The summed E-state index contributed by atoms with van der Waals surface area (Å²) >= 11 is 1.69. The zero-order valence-corrected chi connectivity index (χ0v) is 11.1. The van der Waals surface area contributed by atoms with Gasteiger partial charge in [0, 0.05) is 10.6 Å². The molecule has 1 aromatic carbocycles. The summed E-state index contributed by atoms with van der Waals surface area (Å²) in [6, 6.07) is 5.70. The van der Waals surface area contributed by atoms with Crippen molar-refractivity contribution in [3.8, 4) is 0 Å². The third-order valence-electron chi connectivity index (χ3n) is 3.85. The number of nitrogens with one attached hydrogen (secondary N) is 1. The molecule has 0 aromatic heterocycles. The summed E-state index contributed by atoms with van der Waals surface area (Å²) in [5, 5.41) is 3.09. The number of benzene rings is 1. The van der Waals surface area contributed by atoms with E-state index in [9.17, 15) is 4.79 Å². The molecule has 2 aliphatic rings. The second-order valence-corrected chi connectivity index (χ2v) is 6.36. The lowest BCUT2D eigenvalue weighted by Gasteiger charge is -2.32. The van der Waals surface area contributed by atoms with Crippen molar-refractivity contribution in [2.45, 2.75) is 42.2 Å². The van der Waals surface area contributed by atoms with E-state index in [2.05, 4.69) is 5.32 Å². The summed E-state index contributed by atoms with van der Waals surface area (Å²) in [4.78, 5) is 13.3. The molecule has 4 heteroatoms. The monoisotopic (exact) mass is 262 g/mol. The normalized spacial score (nSPS) is 24.4. The molecule has 0 radical (unpaired) electrons. The van der Waals surface area contributed by atoms with E-state index in [0.717, 1.165) is 16.3 Å². The summed E-state index contributed by atoms with van der Waals surface area (Å²) in [7, 11) is 0. The number of nitrogens with two attached hydrogens (primary N) is 1. The Morgan fingerprint density at radius 1 is 1.22 bits per heavy atom. The van der Waals surface area contributed by atoms with Gasteiger partial charge in [-0.15, -0.1) is 11.8 Å². The number of rotatable bonds is 1. The van der Waals surface area contributed by atoms with Gasteiger partial charge in [0.1, 0.15) is 0 Å². The van der Waals surface area contributed by atoms with Gasteiger partial charge in [-0.1, -0.05) is 19.3 Å². The minimum atomic E-state index is 0.0691. The Bertz CT molecular complexity index is 469. The van der Waals surface area contributed by atoms with Crippen LogP contribution in [-0.2, 0) is 4.79 Å². The van der Waals surface area contributed by atoms with Crippen LogP contribution in [0.25, 0.3) is 0 Å². The van der Waals surface area contributed by atoms with Crippen molar-refractivity contribution in [1.29, 1.82) is 0 Å². The second kappa shape index (κ2) is 4.84. The molecule has 1 fully saturated rings. The highest BCUT2D eigenvalue weighted by Gasteiger charge is 2.34. The van der Waals surface area contributed by atoms with Crippen LogP contribution in [0.4, 0.5) is 11.4 Å². The van der Waals surface area contributed by atoms with Gasteiger partial charge >= 0.3 is 0 Å². The van der Waals surface area contributed by atoms with Crippen molar-refractivity contribution in [2.24, 2.45) is 5.92 Å². The molecule has 1 atom stereocenters. The molecule has 3 rings (SSSR count). The fraction of sp³-hybridized carbons (Fsp3) is 0.500. The Morgan fingerprint density at radius 2 is 2.00 bits per heavy atom. The molecule has 1 saturated carbocycles. The first-order chi connectivity index (χ1) is 8.74. The van der Waals surface area contributed by atoms with Crippen LogP contribution in [0.3, 0.4) is 0 Å². The number of carbonyl (C=O) groups excluding carboxylic acids is 1. The van der Waals surface area contributed by atoms with E-state index in [4.69, 9.17) is 5.73 Å². The summed E-state index contributed by atoms with van der Waals surface area (Å²) in [5.74, 6) is 0.697. The summed E-state index contributed by atoms with van der Waals surface area (Å²) in [6.45, 7) is 0. The summed E-state index contributed by atoms with van der Waals surface area (Å²) in [6.07, 6.45) is 6.21. The predicted molar refractivity (Wildman–Crippen MR) is 75.7 cm³/mol. The molecule has 1 heterocycles. The fourth-order valence-corrected chi connectivity index (χ4v) is 4.24. The molecule has 1 amide bonds. The second-order valence-electron chi connectivity index (χ2n) is 5.18. The molecule has 18 heavy (non-hydrogen) atoms. The molecule has 3 N–H and O–H groups in total. The topological polar surface area (TPSA) is 55.1 Å². The lowest BCUT2D eigenvalue weighted by Crippen LogP contribution is -2.35. The number of amides is 1. The van der Waals surface area contributed by atoms with E-state index >= 15 is 0 Å². The van der Waals surface area contributed by atoms with Crippen molar-refractivity contribution in [1.82, 2.24) is 0 Å². The van der Waals surface area contributed by atoms with Crippen molar-refractivity contribution in [2.75, 3.05) is 11.1 Å². The molecular weight excluding hydrogens is 244 g/mol. The van der Waals surface area contributed by atoms with Crippen LogP contribution in [0.5, 0.6) is 0 Å². The number of nitrogen functional groups attached to an aromatic ring is 1. The summed E-state index contributed by atoms with van der Waals surface area (Å²) < 4.78 is 0. The maximum absolute atomic E-state index is 12.2. The minimum Gasteiger partial charge on any atom is -0.399 e. The third-order valence-corrected chi connectivity index (χ3v) is 5.30. The standard InChI is InChI=1S/C14H18N2OS/c15-10-6-7-11-12(8-10)18-13(14(17)16-11)9-4-2-1-3-5-9/h6-9,13H,1-5,15H2,(H,16,17). The van der Waals surface area contributed by atoms with Crippen LogP contribution in [0, 0.1) is 5.92 Å². The first-order valence-corrected chi connectivity index (χ1v) is 7.49. The highest BCUT2D eigenvalue weighted by atomic mass is 32.2. The van der Waals surface area contributed by atoms with Crippen LogP contribution in [-0.4, -0.2) is 11.2 Å². The molecule has 1 aliphatic carbocycles. The highest BCUT2D eigenvalue weighted by molar-refractivity contribution is 8.01. The van der Waals surface area contributed by atoms with E-state index in [1.54, 1.807) is 11.8 Å². The van der Waals surface area contributed by atoms with E-state index < -0.39 is 0 Å². The van der Waals surface area contributed by atoms with Gasteiger partial charge in [-0.25, -0.2) is 0 Å². The molecule has 1 aromatic rings. The van der Waals surface area contributed by atoms with Crippen LogP contribution < -0.4 is 11.1 Å². The van der Waals surface area contributed by atoms with Gasteiger partial charge in [0.25, 0.3) is 0 Å². The Labute approximate surface area is 112 Å². The first kappa shape index (κ1) is 11.9. The first-order valence-electron chi connectivity index (χ1n) is 6.61. The molecule has 3 nitrogen and oxygen atoms in total. The Kier molecular flexibility index (Phi) is 3.20. The molecule has 1 unspecified atom stereocenters. The van der Waals surface area contributed by atoms with E-state index in [0.29, 0.717) is 5.92 Å². The van der Waals surface area contributed by atoms with Gasteiger partial charge < -0.3 is 11.1 Å². The van der Waals surface area contributed by atoms with Crippen molar-refractivity contribution in [3.63, 3.8) is 0 Å². The Balaban J connectivity index is 1.83. The van der Waals surface area contributed by atoms with Gasteiger partial charge in [-0.3, -0.25) is 4.79 Å². The van der Waals surface area contributed by atoms with Gasteiger partial charge in [-0.2, -0.15) is 0 Å². The average Bonchev–Trinajstić information content (AvgIpc) is 2.39. The van der Waals surface area contributed by atoms with Crippen LogP contribution in [0.2, 0.25) is 0 Å².